The molecule has 0 atom stereocenters. The van der Waals surface area contributed by atoms with Crippen LogP contribution in [-0.2, 0) is 0 Å². The van der Waals surface area contributed by atoms with Crippen molar-refractivity contribution in [2.75, 3.05) is 6.61 Å². The number of rotatable bonds is 4. The highest BCUT2D eigenvalue weighted by atomic mass is 79.9. The molecule has 0 saturated carbocycles. The van der Waals surface area contributed by atoms with Crippen LogP contribution in [0.1, 0.15) is 21.5 Å². The van der Waals surface area contributed by atoms with Crippen LogP contribution in [0, 0.1) is 13.8 Å². The normalized spacial score (nSPS) is 10.3. The number of ether oxygens (including phenoxy) is 1. The lowest BCUT2D eigenvalue weighted by Crippen LogP contribution is -2.12. The van der Waals surface area contributed by atoms with Gasteiger partial charge >= 0.3 is 0 Å². The van der Waals surface area contributed by atoms with Gasteiger partial charge in [0, 0.05) is 10.0 Å². The molecular weight excluding hydrogens is 304 g/mol. The Kier molecular flexibility index (Phi) is 4.38. The topological polar surface area (TPSA) is 26.3 Å². The van der Waals surface area contributed by atoms with Crippen LogP contribution in [0.5, 0.6) is 5.75 Å². The second-order valence-electron chi connectivity index (χ2n) is 4.42. The van der Waals surface area contributed by atoms with Crippen molar-refractivity contribution in [2.45, 2.75) is 13.8 Å². The van der Waals surface area contributed by atoms with Gasteiger partial charge in [0.1, 0.15) is 5.75 Å². The fourth-order valence-corrected chi connectivity index (χ4v) is 2.01. The molecule has 0 fully saturated rings. The van der Waals surface area contributed by atoms with E-state index >= 15 is 0 Å². The smallest absolute Gasteiger partial charge is 0.200 e. The number of hydrogen-bond donors (Lipinski definition) is 0. The zero-order chi connectivity index (χ0) is 13.8. The fourth-order valence-electron chi connectivity index (χ4n) is 1.74. The first-order valence-corrected chi connectivity index (χ1v) is 6.85. The molecule has 2 aromatic carbocycles. The van der Waals surface area contributed by atoms with Gasteiger partial charge in [-0.2, -0.15) is 0 Å². The first-order valence-electron chi connectivity index (χ1n) is 6.05. The van der Waals surface area contributed by atoms with Crippen LogP contribution in [-0.4, -0.2) is 12.4 Å². The van der Waals surface area contributed by atoms with E-state index in [4.69, 9.17) is 4.74 Å². The van der Waals surface area contributed by atoms with Crippen LogP contribution < -0.4 is 4.74 Å². The molecule has 0 aliphatic rings. The molecule has 0 heterocycles. The highest BCUT2D eigenvalue weighted by Crippen LogP contribution is 2.20. The average Bonchev–Trinajstić information content (AvgIpc) is 2.41. The van der Waals surface area contributed by atoms with Gasteiger partial charge in [-0.25, -0.2) is 0 Å². The van der Waals surface area contributed by atoms with Crippen LogP contribution in [0.4, 0.5) is 0 Å². The zero-order valence-electron chi connectivity index (χ0n) is 10.9. The van der Waals surface area contributed by atoms with Crippen LogP contribution >= 0.6 is 15.9 Å². The number of ketones is 1. The van der Waals surface area contributed by atoms with E-state index in [1.165, 1.54) is 0 Å². The molecule has 0 aliphatic heterocycles. The summed E-state index contributed by atoms with van der Waals surface area (Å²) in [7, 11) is 0. The van der Waals surface area contributed by atoms with Gasteiger partial charge in [0.05, 0.1) is 0 Å². The van der Waals surface area contributed by atoms with Crippen molar-refractivity contribution >= 4 is 21.7 Å². The molecule has 0 amide bonds. The van der Waals surface area contributed by atoms with E-state index in [2.05, 4.69) is 15.9 Å². The van der Waals surface area contributed by atoms with Gasteiger partial charge in [-0.15, -0.1) is 0 Å². The van der Waals surface area contributed by atoms with Crippen LogP contribution in [0.2, 0.25) is 0 Å². The minimum absolute atomic E-state index is 0.0200. The van der Waals surface area contributed by atoms with Crippen LogP contribution in [0.15, 0.2) is 46.9 Å². The summed E-state index contributed by atoms with van der Waals surface area (Å²) in [5.41, 5.74) is 2.90. The van der Waals surface area contributed by atoms with E-state index in [-0.39, 0.29) is 12.4 Å². The predicted molar refractivity (Wildman–Crippen MR) is 79.9 cm³/mol. The number of carbonyl (C=O) groups is 1. The molecular formula is C16H15BrO2. The fraction of sp³-hybridized carbons (Fsp3) is 0.188. The molecule has 0 unspecified atom stereocenters. The molecule has 3 heteroatoms. The number of Topliss-reactive ketones (excluding diaryl/α,β-unsaturated/α-hetero) is 1. The summed E-state index contributed by atoms with van der Waals surface area (Å²) in [6.07, 6.45) is 0. The minimum atomic E-state index is -0.0200. The summed E-state index contributed by atoms with van der Waals surface area (Å²) in [6, 6.07) is 13.1. The maximum atomic E-state index is 12.0. The summed E-state index contributed by atoms with van der Waals surface area (Å²) in [6.45, 7) is 4.08. The maximum Gasteiger partial charge on any atom is 0.200 e. The summed E-state index contributed by atoms with van der Waals surface area (Å²) >= 11 is 3.35. The molecule has 2 aromatic rings. The Morgan fingerprint density at radius 2 is 1.79 bits per heavy atom. The predicted octanol–water partition coefficient (Wildman–Crippen LogP) is 4.33. The van der Waals surface area contributed by atoms with E-state index in [1.807, 2.05) is 44.2 Å². The van der Waals surface area contributed by atoms with Crippen molar-refractivity contribution in [1.82, 2.24) is 0 Å². The highest BCUT2D eigenvalue weighted by molar-refractivity contribution is 9.10. The lowest BCUT2D eigenvalue weighted by molar-refractivity contribution is 0.0921. The molecule has 0 bridgehead atoms. The van der Waals surface area contributed by atoms with Gasteiger partial charge in [-0.1, -0.05) is 40.2 Å². The van der Waals surface area contributed by atoms with E-state index in [0.717, 1.165) is 21.3 Å². The quantitative estimate of drug-likeness (QED) is 0.784. The summed E-state index contributed by atoms with van der Waals surface area (Å²) < 4.78 is 6.56. The van der Waals surface area contributed by atoms with Crippen molar-refractivity contribution in [3.8, 4) is 5.75 Å². The Hall–Kier alpha value is -1.61. The van der Waals surface area contributed by atoms with Gasteiger partial charge in [0.2, 0.25) is 0 Å². The monoisotopic (exact) mass is 318 g/mol. The van der Waals surface area contributed by atoms with Crippen molar-refractivity contribution in [3.63, 3.8) is 0 Å². The molecule has 0 saturated heterocycles. The maximum absolute atomic E-state index is 12.0. The van der Waals surface area contributed by atoms with Crippen LogP contribution in [0.25, 0.3) is 0 Å². The number of carbonyl (C=O) groups excluding carboxylic acids is 1. The Morgan fingerprint density at radius 1 is 1.11 bits per heavy atom. The molecule has 0 aliphatic carbocycles. The van der Waals surface area contributed by atoms with Crippen LogP contribution in [0.3, 0.4) is 0 Å². The van der Waals surface area contributed by atoms with Gasteiger partial charge in [-0.05, 0) is 43.2 Å². The summed E-state index contributed by atoms with van der Waals surface area (Å²) in [5, 5.41) is 0. The molecule has 2 nitrogen and oxygen atoms in total. The molecule has 2 rings (SSSR count). The highest BCUT2D eigenvalue weighted by Gasteiger charge is 2.08. The first kappa shape index (κ1) is 13.8. The average molecular weight is 319 g/mol. The van der Waals surface area contributed by atoms with Crippen molar-refractivity contribution in [3.05, 3.63) is 63.6 Å². The second kappa shape index (κ2) is 6.02. The molecule has 0 spiro atoms. The largest absolute Gasteiger partial charge is 0.485 e. The second-order valence-corrected chi connectivity index (χ2v) is 5.33. The van der Waals surface area contributed by atoms with Gasteiger partial charge in [0.25, 0.3) is 0 Å². The van der Waals surface area contributed by atoms with E-state index in [1.54, 1.807) is 12.1 Å². The Labute approximate surface area is 121 Å². The SMILES string of the molecule is Cc1cccc(OCC(=O)c2ccc(Br)cc2)c1C. The van der Waals surface area contributed by atoms with E-state index in [0.29, 0.717) is 5.56 Å². The number of hydrogen-bond acceptors (Lipinski definition) is 2. The van der Waals surface area contributed by atoms with Crippen molar-refractivity contribution in [1.29, 1.82) is 0 Å². The molecule has 98 valence electrons. The minimum Gasteiger partial charge on any atom is -0.485 e. The third kappa shape index (κ3) is 3.44. The molecule has 0 aromatic heterocycles. The van der Waals surface area contributed by atoms with Crippen molar-refractivity contribution in [2.24, 2.45) is 0 Å². The Balaban J connectivity index is 2.04. The number of aryl methyl sites for hydroxylation is 1. The van der Waals surface area contributed by atoms with Gasteiger partial charge in [0.15, 0.2) is 12.4 Å². The lowest BCUT2D eigenvalue weighted by atomic mass is 10.1. The van der Waals surface area contributed by atoms with Crippen molar-refractivity contribution < 1.29 is 9.53 Å². The van der Waals surface area contributed by atoms with E-state index in [9.17, 15) is 4.79 Å². The zero-order valence-corrected chi connectivity index (χ0v) is 12.5. The summed E-state index contributed by atoms with van der Waals surface area (Å²) in [4.78, 5) is 12.0. The standard InChI is InChI=1S/C16H15BrO2/c1-11-4-3-5-16(12(11)2)19-10-15(18)13-6-8-14(17)9-7-13/h3-9H,10H2,1-2H3. The van der Waals surface area contributed by atoms with E-state index < -0.39 is 0 Å². The molecule has 0 N–H and O–H groups in total. The van der Waals surface area contributed by atoms with Gasteiger partial charge < -0.3 is 4.74 Å². The first-order chi connectivity index (χ1) is 9.08. The Morgan fingerprint density at radius 3 is 2.47 bits per heavy atom. The van der Waals surface area contributed by atoms with Gasteiger partial charge in [-0.3, -0.25) is 4.79 Å². The third-order valence-electron chi connectivity index (χ3n) is 3.08. The Bertz CT molecular complexity index is 588. The summed E-state index contributed by atoms with van der Waals surface area (Å²) in [5.74, 6) is 0.749. The number of benzene rings is 2. The lowest BCUT2D eigenvalue weighted by Gasteiger charge is -2.10. The molecule has 0 radical (unpaired) electrons. The number of halogens is 1. The molecule has 19 heavy (non-hydrogen) atoms. The third-order valence-corrected chi connectivity index (χ3v) is 3.61.